The summed E-state index contributed by atoms with van der Waals surface area (Å²) < 4.78 is 0. The summed E-state index contributed by atoms with van der Waals surface area (Å²) in [6.45, 7) is 3.86. The molecule has 0 unspecified atom stereocenters. The van der Waals surface area contributed by atoms with Crippen LogP contribution in [0.5, 0.6) is 0 Å². The third-order valence-electron chi connectivity index (χ3n) is 3.87. The second kappa shape index (κ2) is 6.93. The molecule has 0 saturated carbocycles. The van der Waals surface area contributed by atoms with Crippen LogP contribution in [0.25, 0.3) is 5.70 Å². The van der Waals surface area contributed by atoms with Crippen molar-refractivity contribution in [3.8, 4) is 6.07 Å². The van der Waals surface area contributed by atoms with Crippen molar-refractivity contribution < 1.29 is 9.59 Å². The number of hydrogen-bond acceptors (Lipinski definition) is 4. The molecule has 2 amide bonds. The van der Waals surface area contributed by atoms with E-state index in [9.17, 15) is 14.9 Å². The Bertz CT molecular complexity index is 739. The Kier molecular flexibility index (Phi) is 4.97. The molecule has 0 aliphatic carbocycles. The van der Waals surface area contributed by atoms with Gasteiger partial charge >= 0.3 is 0 Å². The molecule has 118 valence electrons. The normalized spacial score (nSPS) is 17.3. The Labute approximate surface area is 135 Å². The summed E-state index contributed by atoms with van der Waals surface area (Å²) in [4.78, 5) is 26.2. The summed E-state index contributed by atoms with van der Waals surface area (Å²) >= 11 is 0. The van der Waals surface area contributed by atoms with Crippen LogP contribution in [0, 0.1) is 11.3 Å². The molecule has 0 fully saturated rings. The molecule has 0 aromatic heterocycles. The minimum atomic E-state index is -0.534. The third kappa shape index (κ3) is 3.02. The molecule has 0 saturated heterocycles. The van der Waals surface area contributed by atoms with E-state index in [1.54, 1.807) is 19.1 Å². The molecular weight excluding hydrogens is 290 g/mol. The van der Waals surface area contributed by atoms with Gasteiger partial charge in [-0.2, -0.15) is 5.26 Å². The van der Waals surface area contributed by atoms with Gasteiger partial charge in [-0.1, -0.05) is 43.7 Å². The zero-order valence-corrected chi connectivity index (χ0v) is 13.3. The van der Waals surface area contributed by atoms with Crippen molar-refractivity contribution in [1.29, 1.82) is 5.26 Å². The summed E-state index contributed by atoms with van der Waals surface area (Å²) in [5.74, 6) is -0.964. The van der Waals surface area contributed by atoms with E-state index in [1.807, 2.05) is 31.2 Å². The maximum absolute atomic E-state index is 12.8. The van der Waals surface area contributed by atoms with Gasteiger partial charge in [-0.25, -0.2) is 0 Å². The lowest BCUT2D eigenvalue weighted by atomic mass is 9.91. The van der Waals surface area contributed by atoms with Crippen LogP contribution in [0.3, 0.4) is 0 Å². The molecule has 5 nitrogen and oxygen atoms in total. The topological polar surface area (TPSA) is 87.2 Å². The van der Waals surface area contributed by atoms with Crippen LogP contribution < -0.4 is 5.73 Å². The van der Waals surface area contributed by atoms with Crippen LogP contribution in [-0.2, 0) is 9.59 Å². The average Bonchev–Trinajstić information content (AvgIpc) is 2.56. The van der Waals surface area contributed by atoms with Crippen molar-refractivity contribution in [1.82, 2.24) is 4.90 Å². The van der Waals surface area contributed by atoms with Crippen LogP contribution >= 0.6 is 0 Å². The first-order chi connectivity index (χ1) is 11.0. The van der Waals surface area contributed by atoms with E-state index in [0.29, 0.717) is 17.6 Å². The van der Waals surface area contributed by atoms with E-state index in [2.05, 4.69) is 0 Å². The summed E-state index contributed by atoms with van der Waals surface area (Å²) in [6, 6.07) is 11.0. The molecule has 2 N–H and O–H groups in total. The standard InChI is InChI=1S/C18H19N3O2/c1-3-4-10-21-17(22)14(11-19)12(2)15(18(21)23)16(20)13-8-6-5-7-9-13/h5-9H,3-4,10,20H2,1-2H3. The molecule has 0 bridgehead atoms. The van der Waals surface area contributed by atoms with Crippen molar-refractivity contribution in [2.24, 2.45) is 5.73 Å². The van der Waals surface area contributed by atoms with Gasteiger partial charge in [-0.3, -0.25) is 14.5 Å². The number of hydrogen-bond donors (Lipinski definition) is 1. The van der Waals surface area contributed by atoms with E-state index < -0.39 is 11.8 Å². The van der Waals surface area contributed by atoms with Gasteiger partial charge in [0.2, 0.25) is 0 Å². The molecule has 1 aliphatic heterocycles. The quantitative estimate of drug-likeness (QED) is 0.683. The van der Waals surface area contributed by atoms with Gasteiger partial charge in [0.25, 0.3) is 11.8 Å². The second-order valence-corrected chi connectivity index (χ2v) is 5.38. The minimum absolute atomic E-state index is 0.0189. The monoisotopic (exact) mass is 309 g/mol. The average molecular weight is 309 g/mol. The van der Waals surface area contributed by atoms with Crippen LogP contribution in [-0.4, -0.2) is 23.3 Å². The van der Waals surface area contributed by atoms with E-state index in [-0.39, 0.29) is 23.4 Å². The van der Waals surface area contributed by atoms with Gasteiger partial charge in [0.05, 0.1) is 11.3 Å². The van der Waals surface area contributed by atoms with Crippen molar-refractivity contribution in [3.05, 3.63) is 52.6 Å². The van der Waals surface area contributed by atoms with Crippen molar-refractivity contribution >= 4 is 17.5 Å². The second-order valence-electron chi connectivity index (χ2n) is 5.38. The highest BCUT2D eigenvalue weighted by Crippen LogP contribution is 2.29. The highest BCUT2D eigenvalue weighted by Gasteiger charge is 2.36. The SMILES string of the molecule is CCCCN1C(=O)C(C#N)=C(C)C(=C(N)c2ccccc2)C1=O. The number of amides is 2. The Balaban J connectivity index is 2.61. The Morgan fingerprint density at radius 2 is 1.87 bits per heavy atom. The molecule has 1 heterocycles. The fourth-order valence-electron chi connectivity index (χ4n) is 2.54. The van der Waals surface area contributed by atoms with Gasteiger partial charge in [0, 0.05) is 6.54 Å². The van der Waals surface area contributed by atoms with E-state index in [0.717, 1.165) is 11.3 Å². The number of nitriles is 1. The summed E-state index contributed by atoms with van der Waals surface area (Å²) in [5.41, 5.74) is 7.72. The third-order valence-corrected chi connectivity index (χ3v) is 3.87. The maximum Gasteiger partial charge on any atom is 0.271 e. The summed E-state index contributed by atoms with van der Waals surface area (Å²) in [6.07, 6.45) is 1.53. The van der Waals surface area contributed by atoms with Gasteiger partial charge in [-0.05, 0) is 24.5 Å². The van der Waals surface area contributed by atoms with Crippen molar-refractivity contribution in [2.75, 3.05) is 6.54 Å². The lowest BCUT2D eigenvalue weighted by Gasteiger charge is -2.28. The largest absolute Gasteiger partial charge is 0.398 e. The predicted molar refractivity (Wildman–Crippen MR) is 87.5 cm³/mol. The molecule has 1 aromatic carbocycles. The number of nitrogens with zero attached hydrogens (tertiary/aromatic N) is 2. The van der Waals surface area contributed by atoms with Gasteiger partial charge < -0.3 is 5.73 Å². The smallest absolute Gasteiger partial charge is 0.271 e. The van der Waals surface area contributed by atoms with Crippen LogP contribution in [0.15, 0.2) is 47.1 Å². The van der Waals surface area contributed by atoms with Gasteiger partial charge in [-0.15, -0.1) is 0 Å². The predicted octanol–water partition coefficient (Wildman–Crippen LogP) is 2.37. The Morgan fingerprint density at radius 1 is 1.22 bits per heavy atom. The van der Waals surface area contributed by atoms with Crippen LogP contribution in [0.1, 0.15) is 32.3 Å². The lowest BCUT2D eigenvalue weighted by Crippen LogP contribution is -2.43. The first-order valence-electron chi connectivity index (χ1n) is 7.55. The first kappa shape index (κ1) is 16.5. The highest BCUT2D eigenvalue weighted by molar-refractivity contribution is 6.20. The molecule has 0 spiro atoms. The summed E-state index contributed by atoms with van der Waals surface area (Å²) in [5, 5.41) is 9.30. The van der Waals surface area contributed by atoms with E-state index >= 15 is 0 Å². The van der Waals surface area contributed by atoms with E-state index in [1.165, 1.54) is 0 Å². The first-order valence-corrected chi connectivity index (χ1v) is 7.55. The molecular formula is C18H19N3O2. The molecule has 23 heavy (non-hydrogen) atoms. The van der Waals surface area contributed by atoms with Gasteiger partial charge in [0.1, 0.15) is 11.6 Å². The summed E-state index contributed by atoms with van der Waals surface area (Å²) in [7, 11) is 0. The fraction of sp³-hybridized carbons (Fsp3) is 0.278. The molecule has 5 heteroatoms. The molecule has 2 rings (SSSR count). The van der Waals surface area contributed by atoms with Crippen LogP contribution in [0.4, 0.5) is 0 Å². The number of carbonyl (C=O) groups excluding carboxylic acids is 2. The molecule has 1 aliphatic rings. The number of unbranched alkanes of at least 4 members (excludes halogenated alkanes) is 1. The Hall–Kier alpha value is -2.87. The number of benzene rings is 1. The molecule has 0 radical (unpaired) electrons. The lowest BCUT2D eigenvalue weighted by molar-refractivity contribution is -0.140. The van der Waals surface area contributed by atoms with E-state index in [4.69, 9.17) is 5.73 Å². The van der Waals surface area contributed by atoms with Gasteiger partial charge in [0.15, 0.2) is 0 Å². The number of imide groups is 1. The van der Waals surface area contributed by atoms with Crippen molar-refractivity contribution in [3.63, 3.8) is 0 Å². The maximum atomic E-state index is 12.8. The fourth-order valence-corrected chi connectivity index (χ4v) is 2.54. The highest BCUT2D eigenvalue weighted by atomic mass is 16.2. The zero-order chi connectivity index (χ0) is 17.0. The van der Waals surface area contributed by atoms with Crippen LogP contribution in [0.2, 0.25) is 0 Å². The molecule has 0 atom stereocenters. The number of carbonyl (C=O) groups is 2. The number of nitrogens with two attached hydrogens (primary N) is 1. The molecule has 1 aromatic rings. The Morgan fingerprint density at radius 3 is 2.43 bits per heavy atom. The zero-order valence-electron chi connectivity index (χ0n) is 13.3. The van der Waals surface area contributed by atoms with Crippen molar-refractivity contribution in [2.45, 2.75) is 26.7 Å². The minimum Gasteiger partial charge on any atom is -0.398 e. The number of rotatable bonds is 4.